The van der Waals surface area contributed by atoms with E-state index in [0.717, 1.165) is 12.8 Å². The summed E-state index contributed by atoms with van der Waals surface area (Å²) in [5.74, 6) is -6.55. The number of unbranched alkanes of at least 4 members (excludes halogenated alkanes) is 1. The summed E-state index contributed by atoms with van der Waals surface area (Å²) < 4.78 is 40.9. The first-order chi connectivity index (χ1) is 23.0. The van der Waals surface area contributed by atoms with Crippen LogP contribution in [0, 0.1) is 23.7 Å². The van der Waals surface area contributed by atoms with Crippen LogP contribution in [0.5, 0.6) is 0 Å². The molecule has 2 aliphatic heterocycles. The minimum absolute atomic E-state index is 0.0204. The molecule has 0 amide bonds. The molecule has 15 nitrogen and oxygen atoms in total. The van der Waals surface area contributed by atoms with E-state index in [4.69, 9.17) is 33.2 Å². The van der Waals surface area contributed by atoms with E-state index in [1.165, 1.54) is 0 Å². The van der Waals surface area contributed by atoms with Crippen LogP contribution in [-0.2, 0) is 52.3 Å². The third-order valence-electron chi connectivity index (χ3n) is 8.89. The molecule has 2 unspecified atom stereocenters. The molecule has 0 saturated carbocycles. The number of esters is 4. The molecule has 0 aromatic rings. The summed E-state index contributed by atoms with van der Waals surface area (Å²) in [7, 11) is 0. The van der Waals surface area contributed by atoms with E-state index >= 15 is 0 Å². The van der Waals surface area contributed by atoms with Crippen LogP contribution in [-0.4, -0.2) is 119 Å². The second-order valence-corrected chi connectivity index (χ2v) is 13.7. The molecular weight excluding hydrogens is 648 g/mol. The quantitative estimate of drug-likeness (QED) is 0.0856. The van der Waals surface area contributed by atoms with Gasteiger partial charge in [-0.2, -0.15) is 0 Å². The lowest BCUT2D eigenvalue weighted by Gasteiger charge is -2.46. The highest BCUT2D eigenvalue weighted by molar-refractivity contribution is 5.74. The predicted octanol–water partition coefficient (Wildman–Crippen LogP) is 1.77. The highest BCUT2D eigenvalue weighted by atomic mass is 16.8. The van der Waals surface area contributed by atoms with Crippen molar-refractivity contribution in [3.8, 4) is 0 Å². The van der Waals surface area contributed by atoms with E-state index in [2.05, 4.69) is 13.8 Å². The average molecular weight is 707 g/mol. The molecule has 4 N–H and O–H groups in total. The molecule has 2 aliphatic rings. The van der Waals surface area contributed by atoms with Gasteiger partial charge in [-0.1, -0.05) is 68.2 Å². The van der Waals surface area contributed by atoms with Crippen molar-refractivity contribution < 1.29 is 72.8 Å². The van der Waals surface area contributed by atoms with Gasteiger partial charge < -0.3 is 53.6 Å². The summed E-state index contributed by atoms with van der Waals surface area (Å²) in [6.45, 7) is 11.8. The maximum Gasteiger partial charge on any atom is 0.309 e. The van der Waals surface area contributed by atoms with Gasteiger partial charge in [-0.3, -0.25) is 19.2 Å². The summed E-state index contributed by atoms with van der Waals surface area (Å²) in [5.41, 5.74) is 0. The average Bonchev–Trinajstić information content (AvgIpc) is 3.31. The number of hydrogen-bond donors (Lipinski definition) is 4. The first kappa shape index (κ1) is 42.8. The van der Waals surface area contributed by atoms with Gasteiger partial charge in [0.05, 0.1) is 24.4 Å². The minimum atomic E-state index is -2.41. The molecule has 15 heteroatoms. The zero-order valence-electron chi connectivity index (χ0n) is 30.1. The number of rotatable bonds is 19. The number of carbonyl (C=O) groups excluding carboxylic acids is 4. The summed E-state index contributed by atoms with van der Waals surface area (Å²) in [6, 6.07) is 0. The fraction of sp³-hybridized carbons (Fsp3) is 0.882. The van der Waals surface area contributed by atoms with Crippen molar-refractivity contribution in [2.75, 3.05) is 19.8 Å². The zero-order valence-corrected chi connectivity index (χ0v) is 30.1. The van der Waals surface area contributed by atoms with Crippen LogP contribution in [0.25, 0.3) is 0 Å². The van der Waals surface area contributed by atoms with Gasteiger partial charge in [-0.05, 0) is 25.2 Å². The van der Waals surface area contributed by atoms with Gasteiger partial charge in [0.2, 0.25) is 12.1 Å². The van der Waals surface area contributed by atoms with Crippen LogP contribution >= 0.6 is 0 Å². The minimum Gasteiger partial charge on any atom is -0.463 e. The Hall–Kier alpha value is -2.40. The zero-order chi connectivity index (χ0) is 37.1. The largest absolute Gasteiger partial charge is 0.463 e. The Labute approximate surface area is 288 Å². The highest BCUT2D eigenvalue weighted by Gasteiger charge is 2.61. The molecule has 2 saturated heterocycles. The van der Waals surface area contributed by atoms with Gasteiger partial charge in [0, 0.05) is 6.42 Å². The molecule has 49 heavy (non-hydrogen) atoms. The second-order valence-electron chi connectivity index (χ2n) is 13.7. The van der Waals surface area contributed by atoms with Crippen LogP contribution in [0.1, 0.15) is 93.9 Å². The number of ether oxygens (including phenoxy) is 7. The van der Waals surface area contributed by atoms with Gasteiger partial charge >= 0.3 is 23.9 Å². The normalized spacial score (nSPS) is 31.3. The van der Waals surface area contributed by atoms with Crippen LogP contribution in [0.15, 0.2) is 0 Å². The first-order valence-corrected chi connectivity index (χ1v) is 17.4. The molecule has 11 atom stereocenters. The molecular formula is C34H58O15. The van der Waals surface area contributed by atoms with Crippen molar-refractivity contribution in [1.29, 1.82) is 0 Å². The molecule has 2 rings (SSSR count). The van der Waals surface area contributed by atoms with E-state index in [1.54, 1.807) is 41.5 Å². The van der Waals surface area contributed by atoms with Crippen LogP contribution in [0.4, 0.5) is 0 Å². The van der Waals surface area contributed by atoms with Crippen LogP contribution < -0.4 is 0 Å². The first-order valence-electron chi connectivity index (χ1n) is 17.4. The van der Waals surface area contributed by atoms with E-state index in [0.29, 0.717) is 25.2 Å². The third kappa shape index (κ3) is 11.6. The van der Waals surface area contributed by atoms with Crippen molar-refractivity contribution in [1.82, 2.24) is 0 Å². The fourth-order valence-electron chi connectivity index (χ4n) is 5.17. The topological polar surface area (TPSA) is 214 Å². The smallest absolute Gasteiger partial charge is 0.309 e. The van der Waals surface area contributed by atoms with Gasteiger partial charge in [0.15, 0.2) is 18.3 Å². The Morgan fingerprint density at radius 3 is 1.86 bits per heavy atom. The Balaban J connectivity index is 2.67. The molecule has 0 bridgehead atoms. The molecule has 0 aliphatic carbocycles. The van der Waals surface area contributed by atoms with Gasteiger partial charge in [0.25, 0.3) is 0 Å². The molecule has 0 aromatic carbocycles. The molecule has 0 aromatic heterocycles. The molecule has 0 radical (unpaired) electrons. The van der Waals surface area contributed by atoms with E-state index in [9.17, 15) is 39.6 Å². The van der Waals surface area contributed by atoms with Crippen molar-refractivity contribution in [2.24, 2.45) is 23.7 Å². The highest BCUT2D eigenvalue weighted by Crippen LogP contribution is 2.38. The summed E-state index contributed by atoms with van der Waals surface area (Å²) in [6.07, 6.45) is -10.1. The Kier molecular flexibility index (Phi) is 17.3. The van der Waals surface area contributed by atoms with Crippen molar-refractivity contribution >= 4 is 23.9 Å². The lowest BCUT2D eigenvalue weighted by Crippen LogP contribution is -2.65. The number of aliphatic hydroxyl groups excluding tert-OH is 4. The SMILES string of the molecule is CCC(C)C(=O)O[C@H]1[C@@H](O[C@]2(CO)O[C@H](CO)[C@@H](O)[C@@H]2O)O[C@H](COC(=O)C(C)C)[C@@H](OC(=O)C(C)CC)[C@@H]1OC(=O)CCCCC(C)C. The Bertz CT molecular complexity index is 1070. The van der Waals surface area contributed by atoms with E-state index in [-0.39, 0.29) is 6.42 Å². The lowest BCUT2D eigenvalue weighted by atomic mass is 9.96. The van der Waals surface area contributed by atoms with Gasteiger partial charge in [-0.25, -0.2) is 0 Å². The third-order valence-corrected chi connectivity index (χ3v) is 8.89. The summed E-state index contributed by atoms with van der Waals surface area (Å²) >= 11 is 0. The van der Waals surface area contributed by atoms with Gasteiger partial charge in [-0.15, -0.1) is 0 Å². The molecule has 2 heterocycles. The number of carbonyl (C=O) groups is 4. The maximum absolute atomic E-state index is 13.4. The number of aliphatic hydroxyl groups is 4. The maximum atomic E-state index is 13.4. The van der Waals surface area contributed by atoms with E-state index < -0.39 is 116 Å². The van der Waals surface area contributed by atoms with E-state index in [1.807, 2.05) is 0 Å². The van der Waals surface area contributed by atoms with Gasteiger partial charge in [0.1, 0.15) is 37.6 Å². The van der Waals surface area contributed by atoms with Crippen LogP contribution in [0.3, 0.4) is 0 Å². The summed E-state index contributed by atoms with van der Waals surface area (Å²) in [5, 5.41) is 41.5. The fourth-order valence-corrected chi connectivity index (χ4v) is 5.17. The molecule has 2 fully saturated rings. The van der Waals surface area contributed by atoms with Crippen molar-refractivity contribution in [3.63, 3.8) is 0 Å². The Morgan fingerprint density at radius 1 is 0.776 bits per heavy atom. The van der Waals surface area contributed by atoms with Crippen molar-refractivity contribution in [2.45, 2.75) is 149 Å². The Morgan fingerprint density at radius 2 is 1.37 bits per heavy atom. The number of hydrogen-bond acceptors (Lipinski definition) is 15. The lowest BCUT2D eigenvalue weighted by molar-refractivity contribution is -0.384. The van der Waals surface area contributed by atoms with Crippen molar-refractivity contribution in [3.05, 3.63) is 0 Å². The summed E-state index contributed by atoms with van der Waals surface area (Å²) in [4.78, 5) is 52.4. The molecule has 0 spiro atoms. The second kappa shape index (κ2) is 19.8. The van der Waals surface area contributed by atoms with Crippen LogP contribution in [0.2, 0.25) is 0 Å². The monoisotopic (exact) mass is 706 g/mol. The predicted molar refractivity (Wildman–Crippen MR) is 171 cm³/mol. The standard InChI is InChI=1S/C34H58O15/c1-9-20(7)31(41)46-26-23(16-43-30(40)19(5)6)44-33(49-34(17-36)29(39)25(38)22(15-35)48-34)28(47-32(42)21(8)10-2)27(26)45-24(37)14-12-11-13-18(3)4/h18-23,25-29,33,35-36,38-39H,9-17H2,1-8H3/t20?,21?,22-,23-,25-,26-,27+,28-,29+,33-,34+/m1/s1. The molecule has 284 valence electrons.